The third-order valence-electron chi connectivity index (χ3n) is 13.7. The van der Waals surface area contributed by atoms with E-state index in [-0.39, 0.29) is 0 Å². The number of hydrogen-bond donors (Lipinski definition) is 0. The Morgan fingerprint density at radius 3 is 1.52 bits per heavy atom. The van der Waals surface area contributed by atoms with Crippen molar-refractivity contribution in [2.24, 2.45) is 0 Å². The highest BCUT2D eigenvalue weighted by molar-refractivity contribution is 6.26. The van der Waals surface area contributed by atoms with Crippen LogP contribution in [0.15, 0.2) is 231 Å². The van der Waals surface area contributed by atoms with Crippen LogP contribution in [0.5, 0.6) is 0 Å². The lowest BCUT2D eigenvalue weighted by molar-refractivity contribution is 1.18. The Kier molecular flexibility index (Phi) is 8.25. The van der Waals surface area contributed by atoms with Crippen LogP contribution in [0.25, 0.3) is 137 Å². The standard InChI is InChI=1S/C63H38N4/c1-3-16-39(17-4-1)59-52-27-12-11-26-49(52)53-34-35-54-51-33-30-41(38-58(51)67(62(54)61(53)65-59)44-20-5-2-6-21-44)40-18-15-19-43(36-40)63-64-57-29-14-13-28-55(57)60(66-63)42-31-32-50-47-24-8-7-22-45(47)46-23-9-10-25-48(46)56(50)37-42/h1-38H. The molecule has 0 amide bonds. The predicted octanol–water partition coefficient (Wildman–Crippen LogP) is 16.6. The second kappa shape index (κ2) is 14.8. The van der Waals surface area contributed by atoms with E-state index in [1.807, 2.05) is 0 Å². The first kappa shape index (κ1) is 37.4. The summed E-state index contributed by atoms with van der Waals surface area (Å²) in [5.41, 5.74) is 12.4. The van der Waals surface area contributed by atoms with Crippen molar-refractivity contribution in [1.29, 1.82) is 0 Å². The first-order valence-electron chi connectivity index (χ1n) is 22.9. The first-order valence-corrected chi connectivity index (χ1v) is 22.9. The number of rotatable bonds is 5. The maximum absolute atomic E-state index is 5.56. The Balaban J connectivity index is 0.950. The molecule has 310 valence electrons. The molecule has 0 unspecified atom stereocenters. The van der Waals surface area contributed by atoms with Gasteiger partial charge in [0.25, 0.3) is 0 Å². The molecule has 11 aromatic carbocycles. The maximum Gasteiger partial charge on any atom is 0.160 e. The third-order valence-corrected chi connectivity index (χ3v) is 13.7. The molecule has 67 heavy (non-hydrogen) atoms. The Hall–Kier alpha value is -8.99. The second-order valence-electron chi connectivity index (χ2n) is 17.5. The zero-order valence-corrected chi connectivity index (χ0v) is 36.2. The van der Waals surface area contributed by atoms with Crippen LogP contribution in [0.3, 0.4) is 0 Å². The summed E-state index contributed by atoms with van der Waals surface area (Å²) in [6.45, 7) is 0. The van der Waals surface area contributed by atoms with Gasteiger partial charge < -0.3 is 4.57 Å². The monoisotopic (exact) mass is 850 g/mol. The van der Waals surface area contributed by atoms with Crippen molar-refractivity contribution in [1.82, 2.24) is 19.5 Å². The Morgan fingerprint density at radius 2 is 0.776 bits per heavy atom. The van der Waals surface area contributed by atoms with E-state index in [9.17, 15) is 0 Å². The van der Waals surface area contributed by atoms with E-state index in [1.54, 1.807) is 0 Å². The average molecular weight is 851 g/mol. The summed E-state index contributed by atoms with van der Waals surface area (Å²) in [5.74, 6) is 0.692. The molecule has 14 rings (SSSR count). The van der Waals surface area contributed by atoms with Crippen LogP contribution in [0.4, 0.5) is 0 Å². The topological polar surface area (TPSA) is 43.6 Å². The summed E-state index contributed by atoms with van der Waals surface area (Å²) in [5, 5.41) is 14.3. The molecule has 4 heteroatoms. The smallest absolute Gasteiger partial charge is 0.160 e. The van der Waals surface area contributed by atoms with Crippen LogP contribution in [0.1, 0.15) is 0 Å². The predicted molar refractivity (Wildman–Crippen MR) is 281 cm³/mol. The Labute approximate surface area is 385 Å². The zero-order valence-electron chi connectivity index (χ0n) is 36.2. The summed E-state index contributed by atoms with van der Waals surface area (Å²) in [7, 11) is 0. The molecule has 0 aliphatic heterocycles. The highest BCUT2D eigenvalue weighted by Gasteiger charge is 2.21. The molecule has 0 N–H and O–H groups in total. The van der Waals surface area contributed by atoms with Crippen molar-refractivity contribution in [2.75, 3.05) is 0 Å². The SMILES string of the molecule is c1ccc(-c2nc3c(ccc4c5ccc(-c6cccc(-c7nc(-c8ccc9c%10ccccc%10c%10ccccc%10c9c8)c8ccccc8n7)c6)cc5n(-c5ccccc5)c43)c3ccccc23)cc1. The van der Waals surface area contributed by atoms with Crippen molar-refractivity contribution in [3.63, 3.8) is 0 Å². The van der Waals surface area contributed by atoms with E-state index in [1.165, 1.54) is 48.5 Å². The normalized spacial score (nSPS) is 11.9. The summed E-state index contributed by atoms with van der Waals surface area (Å²) in [4.78, 5) is 16.2. The molecule has 0 saturated carbocycles. The fourth-order valence-corrected chi connectivity index (χ4v) is 10.7. The number of nitrogens with zero attached hydrogens (tertiary/aromatic N) is 4. The van der Waals surface area contributed by atoms with Gasteiger partial charge in [0.2, 0.25) is 0 Å². The minimum atomic E-state index is 0.692. The van der Waals surface area contributed by atoms with Gasteiger partial charge in [0, 0.05) is 49.3 Å². The summed E-state index contributed by atoms with van der Waals surface area (Å²) < 4.78 is 2.41. The lowest BCUT2D eigenvalue weighted by atomic mass is 9.92. The molecular formula is C63H38N4. The van der Waals surface area contributed by atoms with E-state index in [0.717, 1.165) is 83.1 Å². The van der Waals surface area contributed by atoms with Gasteiger partial charge in [-0.3, -0.25) is 0 Å². The van der Waals surface area contributed by atoms with Gasteiger partial charge in [0.15, 0.2) is 5.82 Å². The Morgan fingerprint density at radius 1 is 0.269 bits per heavy atom. The number of para-hydroxylation sites is 2. The number of aromatic nitrogens is 4. The molecule has 4 nitrogen and oxygen atoms in total. The number of fused-ring (bicyclic) bond motifs is 14. The van der Waals surface area contributed by atoms with Crippen LogP contribution in [-0.4, -0.2) is 19.5 Å². The van der Waals surface area contributed by atoms with Crippen LogP contribution in [0.2, 0.25) is 0 Å². The number of pyridine rings is 1. The fraction of sp³-hybridized carbons (Fsp3) is 0. The molecule has 3 aromatic heterocycles. The molecular weight excluding hydrogens is 813 g/mol. The molecule has 0 saturated heterocycles. The minimum Gasteiger partial charge on any atom is -0.307 e. The third kappa shape index (κ3) is 5.83. The Bertz CT molecular complexity index is 4290. The van der Waals surface area contributed by atoms with Crippen LogP contribution >= 0.6 is 0 Å². The summed E-state index contributed by atoms with van der Waals surface area (Å²) in [6.07, 6.45) is 0. The molecule has 0 atom stereocenters. The van der Waals surface area contributed by atoms with Crippen molar-refractivity contribution in [3.05, 3.63) is 231 Å². The van der Waals surface area contributed by atoms with Crippen molar-refractivity contribution in [2.45, 2.75) is 0 Å². The molecule has 0 aliphatic rings. The summed E-state index contributed by atoms with van der Waals surface area (Å²) >= 11 is 0. The van der Waals surface area contributed by atoms with Gasteiger partial charge in [-0.1, -0.05) is 194 Å². The number of hydrogen-bond acceptors (Lipinski definition) is 3. The highest BCUT2D eigenvalue weighted by atomic mass is 15.0. The highest BCUT2D eigenvalue weighted by Crippen LogP contribution is 2.43. The van der Waals surface area contributed by atoms with E-state index in [4.69, 9.17) is 15.0 Å². The van der Waals surface area contributed by atoms with Gasteiger partial charge >= 0.3 is 0 Å². The van der Waals surface area contributed by atoms with E-state index in [0.29, 0.717) is 5.82 Å². The van der Waals surface area contributed by atoms with E-state index < -0.39 is 0 Å². The molecule has 0 bridgehead atoms. The van der Waals surface area contributed by atoms with Gasteiger partial charge in [-0.2, -0.15) is 0 Å². The molecule has 0 radical (unpaired) electrons. The van der Waals surface area contributed by atoms with Gasteiger partial charge in [0.1, 0.15) is 0 Å². The summed E-state index contributed by atoms with van der Waals surface area (Å²) in [6, 6.07) is 82.6. The van der Waals surface area contributed by atoms with Gasteiger partial charge in [-0.05, 0) is 85.2 Å². The van der Waals surface area contributed by atoms with E-state index in [2.05, 4.69) is 235 Å². The quantitative estimate of drug-likeness (QED) is 0.162. The molecule has 0 spiro atoms. The lowest BCUT2D eigenvalue weighted by Gasteiger charge is -2.14. The van der Waals surface area contributed by atoms with Gasteiger partial charge in [-0.25, -0.2) is 15.0 Å². The van der Waals surface area contributed by atoms with E-state index >= 15 is 0 Å². The minimum absolute atomic E-state index is 0.692. The first-order chi connectivity index (χ1) is 33.2. The van der Waals surface area contributed by atoms with Gasteiger partial charge in [-0.15, -0.1) is 0 Å². The number of benzene rings is 11. The molecule has 0 aliphatic carbocycles. The van der Waals surface area contributed by atoms with Crippen molar-refractivity contribution >= 4 is 86.7 Å². The molecule has 3 heterocycles. The average Bonchev–Trinajstić information content (AvgIpc) is 3.75. The largest absolute Gasteiger partial charge is 0.307 e. The zero-order chi connectivity index (χ0) is 44.0. The lowest BCUT2D eigenvalue weighted by Crippen LogP contribution is -1.97. The van der Waals surface area contributed by atoms with Crippen molar-refractivity contribution < 1.29 is 0 Å². The molecule has 0 fully saturated rings. The van der Waals surface area contributed by atoms with Crippen LogP contribution in [0, 0.1) is 0 Å². The van der Waals surface area contributed by atoms with Crippen molar-refractivity contribution in [3.8, 4) is 50.7 Å². The fourth-order valence-electron chi connectivity index (χ4n) is 10.7. The second-order valence-corrected chi connectivity index (χ2v) is 17.5. The van der Waals surface area contributed by atoms with Crippen LogP contribution < -0.4 is 0 Å². The maximum atomic E-state index is 5.56. The van der Waals surface area contributed by atoms with Gasteiger partial charge in [0.05, 0.1) is 33.5 Å². The van der Waals surface area contributed by atoms with Crippen LogP contribution in [-0.2, 0) is 0 Å². The molecule has 14 aromatic rings.